The van der Waals surface area contributed by atoms with E-state index in [1.54, 1.807) is 12.1 Å². The van der Waals surface area contributed by atoms with E-state index in [1.165, 1.54) is 6.07 Å². The first-order valence-electron chi connectivity index (χ1n) is 6.01. The largest absolute Gasteiger partial charge is 0.506 e. The van der Waals surface area contributed by atoms with Gasteiger partial charge in [-0.1, -0.05) is 6.07 Å². The van der Waals surface area contributed by atoms with Gasteiger partial charge >= 0.3 is 0 Å². The van der Waals surface area contributed by atoms with Gasteiger partial charge in [-0.3, -0.25) is 4.90 Å². The summed E-state index contributed by atoms with van der Waals surface area (Å²) in [5.74, 6) is -0.908. The van der Waals surface area contributed by atoms with Crippen LogP contribution in [-0.4, -0.2) is 36.2 Å². The number of rotatable bonds is 2. The molecule has 0 spiro atoms. The van der Waals surface area contributed by atoms with Gasteiger partial charge in [0.15, 0.2) is 0 Å². The van der Waals surface area contributed by atoms with E-state index in [4.69, 9.17) is 5.26 Å². The zero-order valence-corrected chi connectivity index (χ0v) is 12.7. The average Bonchev–Trinajstić information content (AvgIpc) is 2.40. The highest BCUT2D eigenvalue weighted by Crippen LogP contribution is 2.32. The average molecular weight is 322 g/mol. The van der Waals surface area contributed by atoms with Gasteiger partial charge < -0.3 is 10.4 Å². The van der Waals surface area contributed by atoms with E-state index in [0.717, 1.165) is 26.2 Å². The number of piperazine rings is 1. The van der Waals surface area contributed by atoms with Crippen LogP contribution in [0.5, 0.6) is 5.75 Å². The van der Waals surface area contributed by atoms with Crippen LogP contribution in [0.2, 0.25) is 0 Å². The monoisotopic (exact) mass is 321 g/mol. The van der Waals surface area contributed by atoms with Gasteiger partial charge in [0, 0.05) is 37.8 Å². The molecule has 1 aliphatic heterocycles. The summed E-state index contributed by atoms with van der Waals surface area (Å²) in [6.07, 6.45) is 0. The summed E-state index contributed by atoms with van der Waals surface area (Å²) in [5.41, 5.74) is 0.337. The van der Waals surface area contributed by atoms with Crippen molar-refractivity contribution in [3.63, 3.8) is 0 Å². The minimum Gasteiger partial charge on any atom is -0.506 e. The van der Waals surface area contributed by atoms with E-state index in [0.29, 0.717) is 5.56 Å². The van der Waals surface area contributed by atoms with Crippen LogP contribution in [0.4, 0.5) is 4.39 Å². The van der Waals surface area contributed by atoms with Crippen molar-refractivity contribution in [1.29, 1.82) is 5.26 Å². The number of nitrogens with zero attached hydrogens (tertiary/aromatic N) is 2. The lowest BCUT2D eigenvalue weighted by molar-refractivity contribution is 0.183. The Morgan fingerprint density at radius 2 is 1.95 bits per heavy atom. The predicted molar refractivity (Wildman–Crippen MR) is 80.1 cm³/mol. The van der Waals surface area contributed by atoms with E-state index in [9.17, 15) is 9.50 Å². The van der Waals surface area contributed by atoms with Crippen molar-refractivity contribution < 1.29 is 9.50 Å². The molecule has 1 aromatic rings. The summed E-state index contributed by atoms with van der Waals surface area (Å²) in [5, 5.41) is 22.1. The third-order valence-corrected chi connectivity index (χ3v) is 3.42. The van der Waals surface area contributed by atoms with Crippen LogP contribution in [0.3, 0.4) is 0 Å². The van der Waals surface area contributed by atoms with Crippen molar-refractivity contribution in [3.05, 3.63) is 29.1 Å². The second-order valence-corrected chi connectivity index (χ2v) is 4.43. The molecule has 0 radical (unpaired) electrons. The van der Waals surface area contributed by atoms with Crippen LogP contribution in [0.15, 0.2) is 12.1 Å². The lowest BCUT2D eigenvalue weighted by Crippen LogP contribution is -2.44. The summed E-state index contributed by atoms with van der Waals surface area (Å²) in [6, 6.07) is 4.47. The number of phenolic OH excluding ortho intramolecular Hbond substituents is 1. The molecule has 2 rings (SSSR count). The molecular weight excluding hydrogens is 304 g/mol. The van der Waals surface area contributed by atoms with Gasteiger partial charge in [0.05, 0.1) is 0 Å². The molecule has 20 heavy (non-hydrogen) atoms. The van der Waals surface area contributed by atoms with Crippen LogP contribution in [-0.2, 0) is 0 Å². The van der Waals surface area contributed by atoms with Gasteiger partial charge in [0.1, 0.15) is 23.2 Å². The number of hydrogen-bond acceptors (Lipinski definition) is 4. The summed E-state index contributed by atoms with van der Waals surface area (Å²) >= 11 is 0. The van der Waals surface area contributed by atoms with Crippen LogP contribution in [0, 0.1) is 17.1 Å². The van der Waals surface area contributed by atoms with Gasteiger partial charge in [0.25, 0.3) is 0 Å². The number of aromatic hydroxyl groups is 1. The van der Waals surface area contributed by atoms with Gasteiger partial charge in [-0.05, 0) is 13.0 Å². The molecule has 0 aromatic heterocycles. The van der Waals surface area contributed by atoms with E-state index in [2.05, 4.69) is 10.2 Å². The van der Waals surface area contributed by atoms with E-state index >= 15 is 0 Å². The Balaban J connectivity index is 0.00000180. The maximum absolute atomic E-state index is 13.3. The van der Waals surface area contributed by atoms with Crippen molar-refractivity contribution in [3.8, 4) is 11.8 Å². The third kappa shape index (κ3) is 3.74. The Labute approximate surface area is 130 Å². The molecule has 0 unspecified atom stereocenters. The summed E-state index contributed by atoms with van der Waals surface area (Å²) < 4.78 is 13.3. The molecule has 0 bridgehead atoms. The first-order chi connectivity index (χ1) is 8.65. The van der Waals surface area contributed by atoms with Crippen molar-refractivity contribution >= 4 is 24.8 Å². The Kier molecular flexibility index (Phi) is 7.84. The molecular formula is C13H18Cl2FN3O. The van der Waals surface area contributed by atoms with E-state index < -0.39 is 5.82 Å². The number of halogens is 3. The van der Waals surface area contributed by atoms with E-state index in [-0.39, 0.29) is 42.2 Å². The highest BCUT2D eigenvalue weighted by Gasteiger charge is 2.22. The maximum atomic E-state index is 13.3. The van der Waals surface area contributed by atoms with E-state index in [1.807, 2.05) is 6.92 Å². The quantitative estimate of drug-likeness (QED) is 0.876. The highest BCUT2D eigenvalue weighted by atomic mass is 35.5. The molecule has 0 saturated carbocycles. The molecule has 1 saturated heterocycles. The first kappa shape index (κ1) is 18.9. The summed E-state index contributed by atoms with van der Waals surface area (Å²) in [6.45, 7) is 5.51. The Morgan fingerprint density at radius 3 is 2.50 bits per heavy atom. The van der Waals surface area contributed by atoms with Crippen molar-refractivity contribution in [2.45, 2.75) is 13.0 Å². The Bertz CT molecular complexity index is 487. The molecule has 0 amide bonds. The fourth-order valence-corrected chi connectivity index (χ4v) is 2.29. The Hall–Kier alpha value is -1.06. The number of nitrogens with one attached hydrogen (secondary N) is 1. The van der Waals surface area contributed by atoms with Crippen LogP contribution >= 0.6 is 24.8 Å². The maximum Gasteiger partial charge on any atom is 0.144 e. The molecule has 1 aliphatic rings. The minimum atomic E-state index is -0.675. The summed E-state index contributed by atoms with van der Waals surface area (Å²) in [4.78, 5) is 2.20. The number of nitriles is 1. The molecule has 1 atom stereocenters. The van der Waals surface area contributed by atoms with Crippen molar-refractivity contribution in [1.82, 2.24) is 10.2 Å². The highest BCUT2D eigenvalue weighted by molar-refractivity contribution is 5.85. The van der Waals surface area contributed by atoms with Gasteiger partial charge in [-0.2, -0.15) is 5.26 Å². The fourth-order valence-electron chi connectivity index (χ4n) is 2.29. The number of benzene rings is 1. The first-order valence-corrected chi connectivity index (χ1v) is 6.01. The zero-order chi connectivity index (χ0) is 13.1. The fraction of sp³-hybridized carbons (Fsp3) is 0.462. The van der Waals surface area contributed by atoms with Crippen molar-refractivity contribution in [2.24, 2.45) is 0 Å². The second kappa shape index (κ2) is 8.28. The smallest absolute Gasteiger partial charge is 0.144 e. The molecule has 1 aromatic carbocycles. The van der Waals surface area contributed by atoms with Crippen LogP contribution in [0.1, 0.15) is 24.1 Å². The van der Waals surface area contributed by atoms with Gasteiger partial charge in [-0.25, -0.2) is 4.39 Å². The lowest BCUT2D eigenvalue weighted by Gasteiger charge is -2.33. The SMILES string of the molecule is C[C@H](c1ccc(F)c(C#N)c1O)N1CCNCC1.Cl.Cl. The number of phenols is 1. The molecule has 2 N–H and O–H groups in total. The molecule has 112 valence electrons. The zero-order valence-electron chi connectivity index (χ0n) is 11.1. The molecule has 7 heteroatoms. The minimum absolute atomic E-state index is 0. The lowest BCUT2D eigenvalue weighted by atomic mass is 10.0. The van der Waals surface area contributed by atoms with Gasteiger partial charge in [-0.15, -0.1) is 24.8 Å². The predicted octanol–water partition coefficient (Wildman–Crippen LogP) is 2.21. The van der Waals surface area contributed by atoms with Gasteiger partial charge in [0.2, 0.25) is 0 Å². The Morgan fingerprint density at radius 1 is 1.35 bits per heavy atom. The normalized spacial score (nSPS) is 16.4. The van der Waals surface area contributed by atoms with Crippen LogP contribution < -0.4 is 5.32 Å². The topological polar surface area (TPSA) is 59.3 Å². The summed E-state index contributed by atoms with van der Waals surface area (Å²) in [7, 11) is 0. The van der Waals surface area contributed by atoms with Crippen molar-refractivity contribution in [2.75, 3.05) is 26.2 Å². The molecule has 1 fully saturated rings. The standard InChI is InChI=1S/C13H16FN3O.2ClH/c1-9(17-6-4-16-5-7-17)10-2-3-12(14)11(8-15)13(10)18;;/h2-3,9,16,18H,4-7H2,1H3;2*1H/t9-;;/m1../s1. The molecule has 1 heterocycles. The third-order valence-electron chi connectivity index (χ3n) is 3.42. The number of hydrogen-bond donors (Lipinski definition) is 2. The molecule has 4 nitrogen and oxygen atoms in total. The molecule has 0 aliphatic carbocycles. The van der Waals surface area contributed by atoms with Crippen LogP contribution in [0.25, 0.3) is 0 Å². The second-order valence-electron chi connectivity index (χ2n) is 4.43.